The van der Waals surface area contributed by atoms with E-state index in [1.54, 1.807) is 6.07 Å². The van der Waals surface area contributed by atoms with Gasteiger partial charge in [0.1, 0.15) is 22.9 Å². The molecule has 172 valence electrons. The molecule has 4 rings (SSSR count). The molecule has 0 amide bonds. The van der Waals surface area contributed by atoms with Gasteiger partial charge in [-0.1, -0.05) is 0 Å². The van der Waals surface area contributed by atoms with Crippen LogP contribution in [0.5, 0.6) is 0 Å². The summed E-state index contributed by atoms with van der Waals surface area (Å²) < 4.78 is 34.0. The van der Waals surface area contributed by atoms with Crippen LogP contribution in [0.15, 0.2) is 24.3 Å². The highest BCUT2D eigenvalue weighted by atomic mass is 19.1. The van der Waals surface area contributed by atoms with E-state index >= 15 is 0 Å². The number of nitrogens with zero attached hydrogens (tertiary/aromatic N) is 2. The Hall–Kier alpha value is -2.22. The molecule has 0 aliphatic carbocycles. The average molecular weight is 445 g/mol. The van der Waals surface area contributed by atoms with Gasteiger partial charge in [0.25, 0.3) is 0 Å². The Bertz CT molecular complexity index is 1080. The third kappa shape index (κ3) is 4.09. The van der Waals surface area contributed by atoms with Gasteiger partial charge in [-0.05, 0) is 63.4 Å². The van der Waals surface area contributed by atoms with Crippen molar-refractivity contribution in [2.24, 2.45) is 0 Å². The number of rotatable bonds is 4. The van der Waals surface area contributed by atoms with Gasteiger partial charge in [0.2, 0.25) is 0 Å². The number of ketones is 1. The molecular weight excluding hydrogens is 414 g/mol. The molecule has 1 N–H and O–H groups in total. The van der Waals surface area contributed by atoms with Crippen molar-refractivity contribution in [3.63, 3.8) is 0 Å². The molecule has 3 heterocycles. The molecule has 7 heteroatoms. The maximum atomic E-state index is 14.7. The summed E-state index contributed by atoms with van der Waals surface area (Å²) >= 11 is 0. The SMILES string of the molecule is CC(=O)c1cc(-c2ccc(F)cc2F)c2c(n1)C(C)(C)N(C[C@@]1(O)COC(C)(C)C1)CC2. The highest BCUT2D eigenvalue weighted by molar-refractivity contribution is 5.94. The van der Waals surface area contributed by atoms with Crippen LogP contribution in [0.2, 0.25) is 0 Å². The molecule has 32 heavy (non-hydrogen) atoms. The van der Waals surface area contributed by atoms with Gasteiger partial charge in [0.15, 0.2) is 5.78 Å². The van der Waals surface area contributed by atoms with Crippen molar-refractivity contribution in [2.45, 2.75) is 64.2 Å². The summed E-state index contributed by atoms with van der Waals surface area (Å²) in [5.41, 5.74) is 0.584. The quantitative estimate of drug-likeness (QED) is 0.715. The molecule has 0 unspecified atom stereocenters. The lowest BCUT2D eigenvalue weighted by Crippen LogP contribution is -2.54. The Kier molecular flexibility index (Phi) is 5.51. The van der Waals surface area contributed by atoms with Gasteiger partial charge in [0, 0.05) is 38.1 Å². The number of Topliss-reactive ketones (excluding diaryl/α,β-unsaturated/α-hetero) is 1. The molecule has 1 fully saturated rings. The van der Waals surface area contributed by atoms with Gasteiger partial charge in [-0.25, -0.2) is 13.8 Å². The van der Waals surface area contributed by atoms with E-state index in [9.17, 15) is 18.7 Å². The monoisotopic (exact) mass is 444 g/mol. The summed E-state index contributed by atoms with van der Waals surface area (Å²) in [5.74, 6) is -1.55. The number of benzene rings is 1. The molecule has 5 nitrogen and oxygen atoms in total. The predicted molar refractivity (Wildman–Crippen MR) is 117 cm³/mol. The largest absolute Gasteiger partial charge is 0.386 e. The normalized spacial score (nSPS) is 24.4. The zero-order valence-electron chi connectivity index (χ0n) is 19.3. The van der Waals surface area contributed by atoms with Crippen LogP contribution >= 0.6 is 0 Å². The number of pyridine rings is 1. The van der Waals surface area contributed by atoms with Crippen LogP contribution in [0.4, 0.5) is 8.78 Å². The Balaban J connectivity index is 1.79. The number of carbonyl (C=O) groups excluding carboxylic acids is 1. The minimum atomic E-state index is -0.984. The van der Waals surface area contributed by atoms with E-state index in [0.29, 0.717) is 37.2 Å². The topological polar surface area (TPSA) is 62.7 Å². The molecule has 1 atom stereocenters. The molecule has 2 aliphatic rings. The van der Waals surface area contributed by atoms with Crippen molar-refractivity contribution >= 4 is 5.78 Å². The van der Waals surface area contributed by atoms with Crippen molar-refractivity contribution < 1.29 is 23.4 Å². The lowest BCUT2D eigenvalue weighted by molar-refractivity contribution is -0.0389. The molecule has 1 aromatic carbocycles. The van der Waals surface area contributed by atoms with Crippen molar-refractivity contribution in [2.75, 3.05) is 19.7 Å². The first-order chi connectivity index (χ1) is 14.8. The second-order valence-corrected chi connectivity index (χ2v) is 10.2. The van der Waals surface area contributed by atoms with Crippen molar-refractivity contribution in [3.8, 4) is 11.1 Å². The van der Waals surface area contributed by atoms with Crippen LogP contribution in [0.3, 0.4) is 0 Å². The summed E-state index contributed by atoms with van der Waals surface area (Å²) in [4.78, 5) is 19.1. The fourth-order valence-electron chi connectivity index (χ4n) is 5.09. The highest BCUT2D eigenvalue weighted by Gasteiger charge is 2.47. The van der Waals surface area contributed by atoms with Crippen LogP contribution in [-0.4, -0.2) is 51.7 Å². The predicted octanol–water partition coefficient (Wildman–Crippen LogP) is 4.25. The Morgan fingerprint density at radius 3 is 2.50 bits per heavy atom. The molecule has 1 saturated heterocycles. The van der Waals surface area contributed by atoms with Crippen LogP contribution in [0.1, 0.15) is 62.8 Å². The van der Waals surface area contributed by atoms with Crippen molar-refractivity contribution in [1.82, 2.24) is 9.88 Å². The van der Waals surface area contributed by atoms with E-state index in [4.69, 9.17) is 4.74 Å². The number of fused-ring (bicyclic) bond motifs is 1. The smallest absolute Gasteiger partial charge is 0.178 e. The van der Waals surface area contributed by atoms with Gasteiger partial charge in [0.05, 0.1) is 23.4 Å². The Morgan fingerprint density at radius 2 is 1.91 bits per heavy atom. The maximum absolute atomic E-state index is 14.7. The van der Waals surface area contributed by atoms with Gasteiger partial charge in [-0.2, -0.15) is 0 Å². The first-order valence-corrected chi connectivity index (χ1v) is 10.9. The van der Waals surface area contributed by atoms with E-state index in [-0.39, 0.29) is 29.2 Å². The molecule has 1 aromatic heterocycles. The van der Waals surface area contributed by atoms with E-state index in [0.717, 1.165) is 11.6 Å². The zero-order chi connectivity index (χ0) is 23.5. The minimum Gasteiger partial charge on any atom is -0.386 e. The van der Waals surface area contributed by atoms with Gasteiger partial charge in [-0.15, -0.1) is 0 Å². The summed E-state index contributed by atoms with van der Waals surface area (Å²) in [6.07, 6.45) is 1.09. The fraction of sp³-hybridized carbons (Fsp3) is 0.520. The molecule has 0 radical (unpaired) electrons. The van der Waals surface area contributed by atoms with E-state index in [1.165, 1.54) is 19.1 Å². The fourth-order valence-corrected chi connectivity index (χ4v) is 5.09. The number of β-amino-alcohol motifs (C(OH)–C–C–N with tert-alkyl or cyclic N) is 1. The first kappa shape index (κ1) is 23.0. The zero-order valence-corrected chi connectivity index (χ0v) is 19.3. The van der Waals surface area contributed by atoms with Crippen molar-refractivity contribution in [3.05, 3.63) is 52.9 Å². The third-order valence-corrected chi connectivity index (χ3v) is 6.68. The van der Waals surface area contributed by atoms with Crippen LogP contribution in [0.25, 0.3) is 11.1 Å². The molecule has 0 spiro atoms. The van der Waals surface area contributed by atoms with Crippen LogP contribution in [0, 0.1) is 11.6 Å². The van der Waals surface area contributed by atoms with Gasteiger partial charge >= 0.3 is 0 Å². The maximum Gasteiger partial charge on any atom is 0.178 e. The van der Waals surface area contributed by atoms with E-state index in [2.05, 4.69) is 9.88 Å². The first-order valence-electron chi connectivity index (χ1n) is 10.9. The summed E-state index contributed by atoms with van der Waals surface area (Å²) in [7, 11) is 0. The summed E-state index contributed by atoms with van der Waals surface area (Å²) in [6.45, 7) is 10.6. The molecule has 2 aromatic rings. The standard InChI is InChI=1S/C25H30F2N2O3/c1-15(30)21-11-19(17-7-6-16(26)10-20(17)27)18-8-9-29(24(4,5)22(18)28-21)13-25(31)12-23(2,3)32-14-25/h6-7,10-11,31H,8-9,12-14H2,1-5H3/t25-/m1/s1. The van der Waals surface area contributed by atoms with Crippen LogP contribution in [-0.2, 0) is 16.7 Å². The third-order valence-electron chi connectivity index (χ3n) is 6.68. The lowest BCUT2D eigenvalue weighted by atomic mass is 9.81. The molecule has 2 aliphatic heterocycles. The number of carbonyl (C=O) groups is 1. The lowest BCUT2D eigenvalue weighted by Gasteiger charge is -2.46. The number of aliphatic hydroxyl groups is 1. The minimum absolute atomic E-state index is 0.228. The van der Waals surface area contributed by atoms with E-state index < -0.39 is 22.8 Å². The van der Waals surface area contributed by atoms with Gasteiger partial charge < -0.3 is 9.84 Å². The number of halogens is 2. The second-order valence-electron chi connectivity index (χ2n) is 10.2. The van der Waals surface area contributed by atoms with Gasteiger partial charge in [-0.3, -0.25) is 9.69 Å². The second kappa shape index (κ2) is 7.68. The van der Waals surface area contributed by atoms with Crippen LogP contribution < -0.4 is 0 Å². The van der Waals surface area contributed by atoms with Crippen molar-refractivity contribution in [1.29, 1.82) is 0 Å². The van der Waals surface area contributed by atoms with E-state index in [1.807, 2.05) is 27.7 Å². The number of hydrogen-bond acceptors (Lipinski definition) is 5. The molecule has 0 bridgehead atoms. The highest BCUT2D eigenvalue weighted by Crippen LogP contribution is 2.42. The molecular formula is C25H30F2N2O3. The Morgan fingerprint density at radius 1 is 1.19 bits per heavy atom. The summed E-state index contributed by atoms with van der Waals surface area (Å²) in [5, 5.41) is 11.2. The molecule has 0 saturated carbocycles. The average Bonchev–Trinajstić information content (AvgIpc) is 2.96. The number of hydrogen-bond donors (Lipinski definition) is 1. The Labute approximate surface area is 187 Å². The number of ether oxygens (including phenoxy) is 1. The summed E-state index contributed by atoms with van der Waals surface area (Å²) in [6, 6.07) is 5.08. The number of aromatic nitrogens is 1.